The van der Waals surface area contributed by atoms with Gasteiger partial charge in [0.15, 0.2) is 0 Å². The van der Waals surface area contributed by atoms with Crippen LogP contribution in [0.3, 0.4) is 0 Å². The van der Waals surface area contributed by atoms with Gasteiger partial charge in [0.2, 0.25) is 0 Å². The van der Waals surface area contributed by atoms with E-state index in [0.717, 1.165) is 22.2 Å². The number of carboxylic acids is 1. The van der Waals surface area contributed by atoms with Crippen molar-refractivity contribution < 1.29 is 9.90 Å². The molecule has 0 aliphatic carbocycles. The van der Waals surface area contributed by atoms with Crippen LogP contribution in [0.4, 0.5) is 5.69 Å². The van der Waals surface area contributed by atoms with Gasteiger partial charge in [-0.3, -0.25) is 4.79 Å². The molecule has 122 valence electrons. The lowest BCUT2D eigenvalue weighted by atomic mass is 10.1. The normalized spacial score (nSPS) is 11.0. The maximum Gasteiger partial charge on any atom is 0.320 e. The molecule has 0 saturated carbocycles. The second-order valence-electron chi connectivity index (χ2n) is 5.05. The zero-order valence-corrected chi connectivity index (χ0v) is 13.7. The molecule has 0 aliphatic rings. The van der Waals surface area contributed by atoms with E-state index in [0.29, 0.717) is 6.42 Å². The molecule has 2 aromatic carbocycles. The Hall–Kier alpha value is -2.79. The third-order valence-corrected chi connectivity index (χ3v) is 3.45. The van der Waals surface area contributed by atoms with E-state index in [9.17, 15) is 4.79 Å². The number of benzene rings is 2. The number of aliphatic carboxylic acids is 1. The molecule has 3 aromatic rings. The Labute approximate surface area is 144 Å². The van der Waals surface area contributed by atoms with Crippen LogP contribution < -0.4 is 5.73 Å². The van der Waals surface area contributed by atoms with Gasteiger partial charge in [-0.2, -0.15) is 4.99 Å². The average molecular weight is 339 g/mol. The van der Waals surface area contributed by atoms with E-state index in [1.807, 2.05) is 60.8 Å². The summed E-state index contributed by atoms with van der Waals surface area (Å²) < 4.78 is 0. The number of fused-ring (bicyclic) bond motifs is 1. The van der Waals surface area contributed by atoms with Crippen LogP contribution in [0.15, 0.2) is 65.8 Å². The monoisotopic (exact) mass is 339 g/mol. The molecule has 1 atom stereocenters. The molecule has 1 unspecified atom stereocenters. The number of carbonyl (C=O) groups is 1. The Morgan fingerprint density at radius 2 is 1.88 bits per heavy atom. The summed E-state index contributed by atoms with van der Waals surface area (Å²) in [6.45, 7) is 0. The number of isothiocyanates is 1. The summed E-state index contributed by atoms with van der Waals surface area (Å²) in [6.07, 6.45) is 2.16. The first-order valence-corrected chi connectivity index (χ1v) is 7.69. The third-order valence-electron chi connectivity index (χ3n) is 3.36. The number of H-pyrrole nitrogens is 1. The molecule has 6 heteroatoms. The Morgan fingerprint density at radius 1 is 1.21 bits per heavy atom. The highest BCUT2D eigenvalue weighted by molar-refractivity contribution is 7.78. The summed E-state index contributed by atoms with van der Waals surface area (Å²) in [4.78, 5) is 17.5. The number of nitrogens with one attached hydrogen (secondary N) is 1. The van der Waals surface area contributed by atoms with Crippen LogP contribution in [-0.4, -0.2) is 27.3 Å². The molecular formula is C18H17N3O2S. The van der Waals surface area contributed by atoms with E-state index in [1.54, 1.807) is 0 Å². The molecule has 0 spiro atoms. The summed E-state index contributed by atoms with van der Waals surface area (Å²) in [5.41, 5.74) is 8.29. The van der Waals surface area contributed by atoms with Crippen LogP contribution in [0.2, 0.25) is 0 Å². The summed E-state index contributed by atoms with van der Waals surface area (Å²) in [6, 6.07) is 16.4. The maximum absolute atomic E-state index is 10.6. The second kappa shape index (κ2) is 8.74. The number of hydrogen-bond acceptors (Lipinski definition) is 4. The predicted molar refractivity (Wildman–Crippen MR) is 98.7 cm³/mol. The number of aromatic amines is 1. The fraction of sp³-hybridized carbons (Fsp3) is 0.111. The average Bonchev–Trinajstić information content (AvgIpc) is 3.00. The first-order chi connectivity index (χ1) is 11.6. The number of rotatable bonds is 4. The van der Waals surface area contributed by atoms with Gasteiger partial charge in [-0.25, -0.2) is 0 Å². The molecule has 24 heavy (non-hydrogen) atoms. The van der Waals surface area contributed by atoms with Crippen LogP contribution in [0.25, 0.3) is 10.9 Å². The third kappa shape index (κ3) is 4.86. The molecule has 0 amide bonds. The van der Waals surface area contributed by atoms with Crippen molar-refractivity contribution >= 4 is 39.9 Å². The van der Waals surface area contributed by atoms with Crippen LogP contribution in [0, 0.1) is 0 Å². The summed E-state index contributed by atoms with van der Waals surface area (Å²) in [5.74, 6) is -0.972. The van der Waals surface area contributed by atoms with Gasteiger partial charge in [0.1, 0.15) is 6.04 Å². The fourth-order valence-corrected chi connectivity index (χ4v) is 2.29. The zero-order chi connectivity index (χ0) is 17.4. The molecule has 0 bridgehead atoms. The Morgan fingerprint density at radius 3 is 2.54 bits per heavy atom. The van der Waals surface area contributed by atoms with Crippen molar-refractivity contribution in [3.05, 3.63) is 66.4 Å². The molecule has 1 heterocycles. The van der Waals surface area contributed by atoms with Crippen LogP contribution in [-0.2, 0) is 11.2 Å². The van der Waals surface area contributed by atoms with E-state index < -0.39 is 12.0 Å². The first kappa shape index (κ1) is 17.6. The van der Waals surface area contributed by atoms with E-state index in [1.165, 1.54) is 0 Å². The second-order valence-corrected chi connectivity index (χ2v) is 5.23. The molecule has 0 aliphatic heterocycles. The quantitative estimate of drug-likeness (QED) is 0.501. The van der Waals surface area contributed by atoms with Crippen molar-refractivity contribution in [1.29, 1.82) is 0 Å². The highest BCUT2D eigenvalue weighted by Crippen LogP contribution is 2.18. The minimum absolute atomic E-state index is 0.347. The Bertz CT molecular complexity index is 855. The Balaban J connectivity index is 0.000000198. The molecule has 4 N–H and O–H groups in total. The van der Waals surface area contributed by atoms with Gasteiger partial charge >= 0.3 is 5.97 Å². The van der Waals surface area contributed by atoms with Gasteiger partial charge in [-0.05, 0) is 36.0 Å². The lowest BCUT2D eigenvalue weighted by Crippen LogP contribution is -2.32. The summed E-state index contributed by atoms with van der Waals surface area (Å²) in [7, 11) is 0. The summed E-state index contributed by atoms with van der Waals surface area (Å²) in [5, 5.41) is 12.0. The number of nitrogens with zero attached hydrogens (tertiary/aromatic N) is 1. The molecule has 3 rings (SSSR count). The van der Waals surface area contributed by atoms with Crippen LogP contribution in [0.1, 0.15) is 5.56 Å². The van der Waals surface area contributed by atoms with Gasteiger partial charge in [0.25, 0.3) is 0 Å². The van der Waals surface area contributed by atoms with Crippen molar-refractivity contribution in [1.82, 2.24) is 4.98 Å². The molecule has 0 saturated heterocycles. The van der Waals surface area contributed by atoms with Gasteiger partial charge in [0, 0.05) is 23.5 Å². The predicted octanol–water partition coefficient (Wildman–Crippen LogP) is 3.54. The minimum Gasteiger partial charge on any atom is -0.480 e. The maximum atomic E-state index is 10.6. The molecule has 5 nitrogen and oxygen atoms in total. The topological polar surface area (TPSA) is 91.5 Å². The van der Waals surface area contributed by atoms with Crippen molar-refractivity contribution in [3.8, 4) is 0 Å². The SMILES string of the molecule is NC(Cc1c[nH]c2ccccc12)C(=O)O.S=C=Nc1ccccc1. The highest BCUT2D eigenvalue weighted by atomic mass is 32.1. The smallest absolute Gasteiger partial charge is 0.320 e. The van der Waals surface area contributed by atoms with Crippen LogP contribution in [0.5, 0.6) is 0 Å². The lowest BCUT2D eigenvalue weighted by Gasteiger charge is -2.04. The van der Waals surface area contributed by atoms with Gasteiger partial charge in [0.05, 0.1) is 10.8 Å². The molecule has 1 aromatic heterocycles. The number of carboxylic acid groups (broad SMARTS) is 1. The lowest BCUT2D eigenvalue weighted by molar-refractivity contribution is -0.138. The van der Waals surface area contributed by atoms with E-state index >= 15 is 0 Å². The number of hydrogen-bond donors (Lipinski definition) is 3. The minimum atomic E-state index is -0.972. The van der Waals surface area contributed by atoms with E-state index in [-0.39, 0.29) is 0 Å². The largest absolute Gasteiger partial charge is 0.480 e. The number of thiocarbonyl (C=S) groups is 1. The molecule has 0 radical (unpaired) electrons. The standard InChI is InChI=1S/C11H12N2O2.C7H5NS/c12-9(11(14)15)5-7-6-13-10-4-2-1-3-8(7)10;9-6-8-7-4-2-1-3-5-7/h1-4,6,9,13H,5,12H2,(H,14,15);1-5H. The van der Waals surface area contributed by atoms with Gasteiger partial charge in [-0.15, -0.1) is 0 Å². The Kier molecular flexibility index (Phi) is 6.40. The highest BCUT2D eigenvalue weighted by Gasteiger charge is 2.14. The molecule has 0 fully saturated rings. The van der Waals surface area contributed by atoms with Crippen molar-refractivity contribution in [2.45, 2.75) is 12.5 Å². The molecular weight excluding hydrogens is 322 g/mol. The number of nitrogens with two attached hydrogens (primary N) is 1. The van der Waals surface area contributed by atoms with Gasteiger partial charge in [-0.1, -0.05) is 36.4 Å². The van der Waals surface area contributed by atoms with Crippen molar-refractivity contribution in [3.63, 3.8) is 0 Å². The van der Waals surface area contributed by atoms with Crippen molar-refractivity contribution in [2.75, 3.05) is 0 Å². The number of aliphatic imine (C=N–C) groups is 1. The van der Waals surface area contributed by atoms with Crippen molar-refractivity contribution in [2.24, 2.45) is 10.7 Å². The van der Waals surface area contributed by atoms with E-state index in [4.69, 9.17) is 10.8 Å². The first-order valence-electron chi connectivity index (χ1n) is 7.28. The summed E-state index contributed by atoms with van der Waals surface area (Å²) >= 11 is 4.42. The zero-order valence-electron chi connectivity index (χ0n) is 12.8. The van der Waals surface area contributed by atoms with Crippen LogP contribution >= 0.6 is 12.2 Å². The fourth-order valence-electron chi connectivity index (χ4n) is 2.18. The van der Waals surface area contributed by atoms with Gasteiger partial charge < -0.3 is 15.8 Å². The van der Waals surface area contributed by atoms with E-state index in [2.05, 4.69) is 27.4 Å². The number of para-hydroxylation sites is 2. The number of aromatic nitrogens is 1.